The van der Waals surface area contributed by atoms with E-state index in [1.165, 1.54) is 49.0 Å². The van der Waals surface area contributed by atoms with Crippen LogP contribution in [0.25, 0.3) is 0 Å². The van der Waals surface area contributed by atoms with Crippen molar-refractivity contribution in [2.24, 2.45) is 0 Å². The molecular formula is C18H19NO5S3. The molecule has 0 amide bonds. The molecule has 3 aromatic rings. The minimum Gasteiger partial charge on any atom is -0.497 e. The van der Waals surface area contributed by atoms with Gasteiger partial charge in [0.25, 0.3) is 0 Å². The van der Waals surface area contributed by atoms with Crippen LogP contribution in [0.3, 0.4) is 0 Å². The van der Waals surface area contributed by atoms with Crippen molar-refractivity contribution < 1.29 is 23.0 Å². The van der Waals surface area contributed by atoms with E-state index < -0.39 is 15.6 Å². The van der Waals surface area contributed by atoms with Crippen LogP contribution in [0.2, 0.25) is 0 Å². The summed E-state index contributed by atoms with van der Waals surface area (Å²) in [5.74, 6) is 0.584. The second-order valence-corrected chi connectivity index (χ2v) is 9.15. The molecule has 0 spiro atoms. The topological polar surface area (TPSA) is 84.9 Å². The number of sulfonamides is 1. The van der Waals surface area contributed by atoms with Crippen LogP contribution in [-0.2, 0) is 15.6 Å². The fourth-order valence-corrected chi connectivity index (χ4v) is 5.43. The molecule has 0 fully saturated rings. The smallest absolute Gasteiger partial charge is 0.244 e. The predicted molar refractivity (Wildman–Crippen MR) is 106 cm³/mol. The predicted octanol–water partition coefficient (Wildman–Crippen LogP) is 3.04. The van der Waals surface area contributed by atoms with E-state index in [4.69, 9.17) is 9.47 Å². The van der Waals surface area contributed by atoms with Crippen molar-refractivity contribution in [1.29, 1.82) is 0 Å². The van der Waals surface area contributed by atoms with Gasteiger partial charge in [-0.3, -0.25) is 0 Å². The number of rotatable bonds is 8. The number of ether oxygens (including phenoxy) is 2. The molecule has 0 bridgehead atoms. The summed E-state index contributed by atoms with van der Waals surface area (Å²) in [6, 6.07) is 9.91. The molecular weight excluding hydrogens is 406 g/mol. The van der Waals surface area contributed by atoms with Crippen molar-refractivity contribution in [2.45, 2.75) is 10.5 Å². The molecule has 0 saturated carbocycles. The molecule has 0 aliphatic carbocycles. The monoisotopic (exact) mass is 425 g/mol. The van der Waals surface area contributed by atoms with Gasteiger partial charge >= 0.3 is 0 Å². The molecule has 144 valence electrons. The van der Waals surface area contributed by atoms with Crippen LogP contribution < -0.4 is 14.2 Å². The molecule has 6 nitrogen and oxygen atoms in total. The van der Waals surface area contributed by atoms with Crippen LogP contribution >= 0.6 is 22.7 Å². The third-order valence-electron chi connectivity index (χ3n) is 4.11. The second-order valence-electron chi connectivity index (χ2n) is 5.69. The Morgan fingerprint density at radius 2 is 1.96 bits per heavy atom. The molecule has 9 heteroatoms. The lowest BCUT2D eigenvalue weighted by Crippen LogP contribution is -2.41. The zero-order valence-corrected chi connectivity index (χ0v) is 17.2. The maximum absolute atomic E-state index is 12.9. The Balaban J connectivity index is 1.94. The van der Waals surface area contributed by atoms with E-state index in [0.29, 0.717) is 16.2 Å². The first-order valence-electron chi connectivity index (χ1n) is 7.91. The minimum absolute atomic E-state index is 0.0526. The molecule has 0 radical (unpaired) electrons. The molecule has 0 saturated heterocycles. The number of benzene rings is 1. The van der Waals surface area contributed by atoms with Crippen molar-refractivity contribution in [2.75, 3.05) is 20.8 Å². The van der Waals surface area contributed by atoms with Crippen molar-refractivity contribution in [3.05, 3.63) is 63.0 Å². The number of methoxy groups -OCH3 is 2. The first-order valence-corrected chi connectivity index (χ1v) is 11.2. The van der Waals surface area contributed by atoms with Gasteiger partial charge in [-0.25, -0.2) is 13.1 Å². The van der Waals surface area contributed by atoms with E-state index in [1.54, 1.807) is 23.6 Å². The Hall–Kier alpha value is -1.91. The van der Waals surface area contributed by atoms with Crippen LogP contribution in [0.15, 0.2) is 57.4 Å². The third kappa shape index (κ3) is 4.02. The average Bonchev–Trinajstić information content (AvgIpc) is 3.40. The quantitative estimate of drug-likeness (QED) is 0.579. The third-order valence-corrected chi connectivity index (χ3v) is 7.23. The molecule has 2 heterocycles. The minimum atomic E-state index is -3.96. The lowest BCUT2D eigenvalue weighted by atomic mass is 9.95. The van der Waals surface area contributed by atoms with Crippen molar-refractivity contribution >= 4 is 32.7 Å². The highest BCUT2D eigenvalue weighted by Gasteiger charge is 2.35. The van der Waals surface area contributed by atoms with Gasteiger partial charge in [0.15, 0.2) is 0 Å². The Morgan fingerprint density at radius 3 is 2.56 bits per heavy atom. The normalized spacial score (nSPS) is 13.9. The maximum Gasteiger partial charge on any atom is 0.244 e. The molecule has 0 aliphatic heterocycles. The molecule has 0 aliphatic rings. The lowest BCUT2D eigenvalue weighted by molar-refractivity contribution is 0.0903. The maximum atomic E-state index is 12.9. The molecule has 1 unspecified atom stereocenters. The Kier molecular flexibility index (Phi) is 5.87. The zero-order valence-electron chi connectivity index (χ0n) is 14.7. The van der Waals surface area contributed by atoms with E-state index in [2.05, 4.69) is 4.72 Å². The summed E-state index contributed by atoms with van der Waals surface area (Å²) in [5, 5.41) is 16.8. The van der Waals surface area contributed by atoms with Gasteiger partial charge in [0, 0.05) is 23.1 Å². The van der Waals surface area contributed by atoms with E-state index in [9.17, 15) is 13.5 Å². The number of hydrogen-bond acceptors (Lipinski definition) is 7. The average molecular weight is 426 g/mol. The lowest BCUT2D eigenvalue weighted by Gasteiger charge is -2.27. The van der Waals surface area contributed by atoms with Gasteiger partial charge in [0.1, 0.15) is 22.0 Å². The molecule has 1 aromatic carbocycles. The highest BCUT2D eigenvalue weighted by atomic mass is 32.2. The van der Waals surface area contributed by atoms with Gasteiger partial charge in [-0.1, -0.05) is 6.07 Å². The van der Waals surface area contributed by atoms with Crippen molar-refractivity contribution in [3.8, 4) is 11.5 Å². The Bertz CT molecular complexity index is 948. The number of aliphatic hydroxyl groups is 1. The van der Waals surface area contributed by atoms with Crippen LogP contribution in [0, 0.1) is 0 Å². The Labute approximate surface area is 166 Å². The van der Waals surface area contributed by atoms with Crippen molar-refractivity contribution in [3.63, 3.8) is 0 Å². The van der Waals surface area contributed by atoms with Crippen molar-refractivity contribution in [1.82, 2.24) is 4.72 Å². The first kappa shape index (κ1) is 19.8. The molecule has 1 atom stereocenters. The number of nitrogens with one attached hydrogen (secondary N) is 1. The summed E-state index contributed by atoms with van der Waals surface area (Å²) < 4.78 is 38.6. The highest BCUT2D eigenvalue weighted by molar-refractivity contribution is 7.89. The molecule has 27 heavy (non-hydrogen) atoms. The van der Waals surface area contributed by atoms with Gasteiger partial charge in [0.2, 0.25) is 10.0 Å². The molecule has 2 aromatic heterocycles. The van der Waals surface area contributed by atoms with Gasteiger partial charge in [-0.05, 0) is 40.4 Å². The standard InChI is InChI=1S/C18H19NO5S3/c1-23-14-5-6-15(24-2)16(10-14)27(21,22)19-12-18(20,13-7-9-25-11-13)17-4-3-8-26-17/h3-11,19-20H,12H2,1-2H3. The first-order chi connectivity index (χ1) is 12.9. The molecule has 2 N–H and O–H groups in total. The highest BCUT2D eigenvalue weighted by Crippen LogP contribution is 2.34. The summed E-state index contributed by atoms with van der Waals surface area (Å²) in [6.07, 6.45) is 0. The van der Waals surface area contributed by atoms with E-state index >= 15 is 0 Å². The summed E-state index contributed by atoms with van der Waals surface area (Å²) in [5.41, 5.74) is -0.830. The largest absolute Gasteiger partial charge is 0.497 e. The van der Waals surface area contributed by atoms with E-state index in [1.807, 2.05) is 16.8 Å². The van der Waals surface area contributed by atoms with Crippen LogP contribution in [0.5, 0.6) is 11.5 Å². The summed E-state index contributed by atoms with van der Waals surface area (Å²) in [6.45, 7) is -0.215. The van der Waals surface area contributed by atoms with Crippen LogP contribution in [0.1, 0.15) is 10.4 Å². The summed E-state index contributed by atoms with van der Waals surface area (Å²) >= 11 is 2.80. The van der Waals surface area contributed by atoms with Gasteiger partial charge in [0.05, 0.1) is 14.2 Å². The SMILES string of the molecule is COc1ccc(OC)c(S(=O)(=O)NCC(O)(c2ccsc2)c2cccs2)c1. The van der Waals surface area contributed by atoms with E-state index in [-0.39, 0.29) is 17.2 Å². The van der Waals surface area contributed by atoms with Crippen LogP contribution in [0.4, 0.5) is 0 Å². The fraction of sp³-hybridized carbons (Fsp3) is 0.222. The number of thiophene rings is 2. The van der Waals surface area contributed by atoms with Gasteiger partial charge < -0.3 is 14.6 Å². The Morgan fingerprint density at radius 1 is 1.15 bits per heavy atom. The number of hydrogen-bond donors (Lipinski definition) is 2. The second kappa shape index (κ2) is 7.99. The van der Waals surface area contributed by atoms with Crippen LogP contribution in [-0.4, -0.2) is 34.3 Å². The molecule has 3 rings (SSSR count). The van der Waals surface area contributed by atoms with Gasteiger partial charge in [-0.15, -0.1) is 11.3 Å². The zero-order chi connectivity index (χ0) is 19.5. The fourth-order valence-electron chi connectivity index (χ4n) is 2.62. The van der Waals surface area contributed by atoms with E-state index in [0.717, 1.165) is 0 Å². The van der Waals surface area contributed by atoms with Gasteiger partial charge in [-0.2, -0.15) is 11.3 Å². The summed E-state index contributed by atoms with van der Waals surface area (Å²) in [4.78, 5) is 0.601. The summed E-state index contributed by atoms with van der Waals surface area (Å²) in [7, 11) is -1.10.